The maximum absolute atomic E-state index is 13.1. The number of hydrogen-bond acceptors (Lipinski definition) is 9. The van der Waals surface area contributed by atoms with Gasteiger partial charge >= 0.3 is 23.9 Å². The highest BCUT2D eigenvalue weighted by molar-refractivity contribution is 5.94. The summed E-state index contributed by atoms with van der Waals surface area (Å²) < 4.78 is 0. The van der Waals surface area contributed by atoms with Crippen molar-refractivity contribution < 1.29 is 58.8 Å². The van der Waals surface area contributed by atoms with Crippen LogP contribution in [0.4, 0.5) is 0 Å². The van der Waals surface area contributed by atoms with E-state index in [-0.39, 0.29) is 12.8 Å². The van der Waals surface area contributed by atoms with Crippen LogP contribution < -0.4 is 27.0 Å². The van der Waals surface area contributed by atoms with E-state index in [0.717, 1.165) is 0 Å². The van der Waals surface area contributed by atoms with E-state index in [1.165, 1.54) is 0 Å². The van der Waals surface area contributed by atoms with Gasteiger partial charge in [-0.05, 0) is 25.2 Å². The molecule has 0 aromatic heterocycles. The second kappa shape index (κ2) is 18.1. The van der Waals surface area contributed by atoms with Gasteiger partial charge in [-0.3, -0.25) is 33.6 Å². The fourth-order valence-corrected chi connectivity index (χ4v) is 3.23. The molecule has 0 radical (unpaired) electrons. The van der Waals surface area contributed by atoms with Crippen molar-refractivity contribution >= 4 is 47.5 Å². The number of carbonyl (C=O) groups is 8. The van der Waals surface area contributed by atoms with Crippen molar-refractivity contribution in [2.75, 3.05) is 6.54 Å². The molecule has 0 aliphatic heterocycles. The highest BCUT2D eigenvalue weighted by Gasteiger charge is 2.32. The quantitative estimate of drug-likeness (QED) is 0.0733. The summed E-state index contributed by atoms with van der Waals surface area (Å²) in [4.78, 5) is 94.1. The summed E-state index contributed by atoms with van der Waals surface area (Å²) in [5, 5.41) is 44.8. The van der Waals surface area contributed by atoms with E-state index in [1.807, 2.05) is 0 Å². The van der Waals surface area contributed by atoms with Gasteiger partial charge in [0, 0.05) is 19.3 Å². The topological polar surface area (TPSA) is 292 Å². The first-order valence-corrected chi connectivity index (χ1v) is 12.4. The third-order valence-corrected chi connectivity index (χ3v) is 5.78. The number of amides is 4. The number of rotatable bonds is 20. The Hall–Kier alpha value is -4.28. The van der Waals surface area contributed by atoms with Crippen LogP contribution in [0.5, 0.6) is 0 Å². The van der Waals surface area contributed by atoms with Crippen LogP contribution >= 0.6 is 0 Å². The van der Waals surface area contributed by atoms with Gasteiger partial charge in [0.05, 0.1) is 12.6 Å². The number of hydrogen-bond donors (Lipinski definition) is 9. The van der Waals surface area contributed by atoms with Crippen molar-refractivity contribution in [2.24, 2.45) is 11.7 Å². The largest absolute Gasteiger partial charge is 0.481 e. The van der Waals surface area contributed by atoms with Gasteiger partial charge in [0.1, 0.15) is 18.1 Å². The fourth-order valence-electron chi connectivity index (χ4n) is 3.23. The molecule has 0 heterocycles. The molecule has 226 valence electrons. The molecule has 0 aromatic carbocycles. The summed E-state index contributed by atoms with van der Waals surface area (Å²) in [7, 11) is 0. The van der Waals surface area contributed by atoms with Gasteiger partial charge in [-0.1, -0.05) is 20.3 Å². The van der Waals surface area contributed by atoms with Gasteiger partial charge in [0.2, 0.25) is 23.6 Å². The average molecular weight is 576 g/mol. The summed E-state index contributed by atoms with van der Waals surface area (Å²) in [6, 6.07) is -5.59. The lowest BCUT2D eigenvalue weighted by molar-refractivity contribution is -0.144. The second-order valence-corrected chi connectivity index (χ2v) is 9.01. The summed E-state index contributed by atoms with van der Waals surface area (Å²) in [6.45, 7) is 2.70. The van der Waals surface area contributed by atoms with E-state index < -0.39 is 110 Å². The van der Waals surface area contributed by atoms with Crippen molar-refractivity contribution in [3.05, 3.63) is 0 Å². The molecule has 10 N–H and O–H groups in total. The Labute approximate surface area is 229 Å². The number of aliphatic carboxylic acids is 4. The van der Waals surface area contributed by atoms with Crippen molar-refractivity contribution in [2.45, 2.75) is 83.0 Å². The molecular formula is C23H37N5O12. The highest BCUT2D eigenvalue weighted by atomic mass is 16.4. The number of nitrogens with two attached hydrogens (primary N) is 1. The third-order valence-electron chi connectivity index (χ3n) is 5.78. The molecule has 0 aromatic rings. The Bertz CT molecular complexity index is 957. The van der Waals surface area contributed by atoms with E-state index in [0.29, 0.717) is 6.42 Å². The normalized spacial score (nSPS) is 14.4. The summed E-state index contributed by atoms with van der Waals surface area (Å²) in [5.41, 5.74) is 5.57. The Balaban J connectivity index is 5.48. The van der Waals surface area contributed by atoms with Gasteiger partial charge in [-0.25, -0.2) is 4.79 Å². The summed E-state index contributed by atoms with van der Waals surface area (Å²) in [5.74, 6) is -9.38. The smallest absolute Gasteiger partial charge is 0.326 e. The van der Waals surface area contributed by atoms with Crippen LogP contribution in [0.3, 0.4) is 0 Å². The Kier molecular flexibility index (Phi) is 16.2. The first-order valence-electron chi connectivity index (χ1n) is 12.4. The molecule has 0 bridgehead atoms. The molecule has 0 saturated heterocycles. The molecule has 0 aliphatic carbocycles. The monoisotopic (exact) mass is 575 g/mol. The predicted molar refractivity (Wildman–Crippen MR) is 134 cm³/mol. The predicted octanol–water partition coefficient (Wildman–Crippen LogP) is -2.39. The maximum atomic E-state index is 13.1. The summed E-state index contributed by atoms with van der Waals surface area (Å²) >= 11 is 0. The van der Waals surface area contributed by atoms with Crippen molar-refractivity contribution in [1.82, 2.24) is 21.3 Å². The zero-order valence-corrected chi connectivity index (χ0v) is 22.2. The van der Waals surface area contributed by atoms with Crippen LogP contribution in [0, 0.1) is 5.92 Å². The van der Waals surface area contributed by atoms with Gasteiger partial charge in [-0.15, -0.1) is 0 Å². The lowest BCUT2D eigenvalue weighted by atomic mass is 9.97. The van der Waals surface area contributed by atoms with Crippen LogP contribution in [-0.2, 0) is 38.4 Å². The molecule has 0 saturated carbocycles. The SMILES string of the molecule is CC[C@H](C)[C@H](NC(=O)CNC(=O)[C@@H](N)CCC(=O)O)C(=O)N[C@@H](CCC(=O)O)C(=O)N[C@@H](CCC(=O)O)C(=O)O. The lowest BCUT2D eigenvalue weighted by Crippen LogP contribution is -2.58. The number of nitrogens with one attached hydrogen (secondary N) is 4. The Morgan fingerprint density at radius 1 is 0.675 bits per heavy atom. The molecule has 17 nitrogen and oxygen atoms in total. The van der Waals surface area contributed by atoms with Gasteiger partial charge in [0.15, 0.2) is 0 Å². The first kappa shape index (κ1) is 35.7. The number of carboxylic acid groups (broad SMARTS) is 4. The standard InChI is InChI=1S/C23H37N5O12/c1-3-11(2)19(28-15(29)10-25-20(36)12(24)4-7-16(30)31)22(38)26-13(5-8-17(32)33)21(37)27-14(23(39)40)6-9-18(34)35/h11-14,19H,3-10,24H2,1-2H3,(H,25,36)(H,26,38)(H,27,37)(H,28,29)(H,30,31)(H,32,33)(H,34,35)(H,39,40)/t11-,12-,13-,14-,19-/m0/s1. The number of carboxylic acids is 4. The van der Waals surface area contributed by atoms with E-state index in [2.05, 4.69) is 21.3 Å². The average Bonchev–Trinajstić information content (AvgIpc) is 2.87. The molecule has 0 spiro atoms. The van der Waals surface area contributed by atoms with Gasteiger partial charge < -0.3 is 47.4 Å². The zero-order chi connectivity index (χ0) is 31.0. The van der Waals surface area contributed by atoms with Crippen LogP contribution in [0.15, 0.2) is 0 Å². The van der Waals surface area contributed by atoms with E-state index in [9.17, 15) is 43.5 Å². The van der Waals surface area contributed by atoms with Crippen LogP contribution in [-0.4, -0.2) is 98.6 Å². The second-order valence-electron chi connectivity index (χ2n) is 9.01. The Morgan fingerprint density at radius 3 is 1.62 bits per heavy atom. The molecule has 40 heavy (non-hydrogen) atoms. The zero-order valence-electron chi connectivity index (χ0n) is 22.2. The van der Waals surface area contributed by atoms with E-state index in [4.69, 9.17) is 21.1 Å². The van der Waals surface area contributed by atoms with Crippen LogP contribution in [0.2, 0.25) is 0 Å². The molecule has 0 fully saturated rings. The molecule has 0 unspecified atom stereocenters. The van der Waals surface area contributed by atoms with E-state index >= 15 is 0 Å². The minimum Gasteiger partial charge on any atom is -0.481 e. The van der Waals surface area contributed by atoms with Gasteiger partial charge in [0.25, 0.3) is 0 Å². The van der Waals surface area contributed by atoms with Gasteiger partial charge in [-0.2, -0.15) is 0 Å². The molecule has 4 amide bonds. The van der Waals surface area contributed by atoms with Crippen LogP contribution in [0.1, 0.15) is 58.8 Å². The number of carbonyl (C=O) groups excluding carboxylic acids is 4. The maximum Gasteiger partial charge on any atom is 0.326 e. The molecule has 0 aliphatic rings. The molecule has 17 heteroatoms. The van der Waals surface area contributed by atoms with Crippen molar-refractivity contribution in [1.29, 1.82) is 0 Å². The minimum atomic E-state index is -1.62. The van der Waals surface area contributed by atoms with Crippen molar-refractivity contribution in [3.8, 4) is 0 Å². The van der Waals surface area contributed by atoms with Crippen LogP contribution in [0.25, 0.3) is 0 Å². The molecule has 5 atom stereocenters. The van der Waals surface area contributed by atoms with E-state index in [1.54, 1.807) is 13.8 Å². The Morgan fingerprint density at radius 2 is 1.15 bits per heavy atom. The first-order chi connectivity index (χ1) is 18.6. The summed E-state index contributed by atoms with van der Waals surface area (Å²) in [6.07, 6.45) is -2.23. The lowest BCUT2D eigenvalue weighted by Gasteiger charge is -2.27. The highest BCUT2D eigenvalue weighted by Crippen LogP contribution is 2.10. The third kappa shape index (κ3) is 14.6. The fraction of sp³-hybridized carbons (Fsp3) is 0.652. The minimum absolute atomic E-state index is 0.167. The molecular weight excluding hydrogens is 538 g/mol. The van der Waals surface area contributed by atoms with Crippen molar-refractivity contribution in [3.63, 3.8) is 0 Å². The molecule has 0 rings (SSSR count).